The number of nitrogens with zero attached hydrogens (tertiary/aromatic N) is 1. The van der Waals surface area contributed by atoms with Gasteiger partial charge in [-0.15, -0.1) is 0 Å². The number of carbonyl (C=O) groups excluding carboxylic acids is 1. The molecule has 2 N–H and O–H groups in total. The molecule has 28 heavy (non-hydrogen) atoms. The fourth-order valence-corrected chi connectivity index (χ4v) is 3.71. The summed E-state index contributed by atoms with van der Waals surface area (Å²) in [6.07, 6.45) is 3.06. The number of furan rings is 1. The number of rotatable bonds is 4. The normalized spacial score (nSPS) is 19.0. The Bertz CT molecular complexity index is 1060. The molecule has 142 valence electrons. The summed E-state index contributed by atoms with van der Waals surface area (Å²) in [6, 6.07) is 14.3. The van der Waals surface area contributed by atoms with Crippen molar-refractivity contribution in [2.45, 2.75) is 5.54 Å². The zero-order valence-electron chi connectivity index (χ0n) is 15.3. The Hall–Kier alpha value is -3.32. The average Bonchev–Trinajstić information content (AvgIpc) is 3.32. The van der Waals surface area contributed by atoms with E-state index in [1.54, 1.807) is 26.3 Å². The Balaban J connectivity index is 1.89. The number of likely N-dealkylation sites (N-methyl/N-ethyl adjacent to an activating group) is 1. The zero-order valence-corrected chi connectivity index (χ0v) is 16.1. The number of ether oxygens (including phenoxy) is 1. The second-order valence-electron chi connectivity index (χ2n) is 6.56. The maximum absolute atomic E-state index is 13.2. The van der Waals surface area contributed by atoms with Gasteiger partial charge in [0.05, 0.1) is 19.6 Å². The van der Waals surface area contributed by atoms with Crippen LogP contribution in [-0.2, 0) is 10.3 Å². The molecule has 0 saturated carbocycles. The smallest absolute Gasteiger partial charge is 0.263 e. The topological polar surface area (TPSA) is 74.9 Å². The summed E-state index contributed by atoms with van der Waals surface area (Å²) in [6.45, 7) is 0. The van der Waals surface area contributed by atoms with Crippen LogP contribution < -0.4 is 10.1 Å². The summed E-state index contributed by atoms with van der Waals surface area (Å²) in [4.78, 5) is 14.6. The van der Waals surface area contributed by atoms with Crippen molar-refractivity contribution in [3.63, 3.8) is 0 Å². The fraction of sp³-hybridized carbons (Fsp3) is 0.143. The van der Waals surface area contributed by atoms with Gasteiger partial charge in [-0.2, -0.15) is 0 Å². The standard InChI is InChI=1S/C21H18N2O4S/c1-23-19(25)21(22-20(23)28,16-6-7-27-12-16)15-5-3-4-13(8-15)14-9-17(24)11-18(10-14)26-2/h3-12,24H,1-2H3,(H,22,28). The Kier molecular flexibility index (Phi) is 4.31. The van der Waals surface area contributed by atoms with Crippen LogP contribution in [0.25, 0.3) is 11.1 Å². The molecule has 2 heterocycles. The molecule has 3 aromatic rings. The SMILES string of the molecule is COc1cc(O)cc(-c2cccc(C3(c4ccoc4)NC(=S)N(C)C3=O)c2)c1. The Morgan fingerprint density at radius 3 is 2.61 bits per heavy atom. The van der Waals surface area contributed by atoms with E-state index in [-0.39, 0.29) is 11.7 Å². The van der Waals surface area contributed by atoms with Crippen LogP contribution in [0.1, 0.15) is 11.1 Å². The van der Waals surface area contributed by atoms with E-state index in [1.165, 1.54) is 23.5 Å². The predicted octanol–water partition coefficient (Wildman–Crippen LogP) is 3.25. The van der Waals surface area contributed by atoms with Gasteiger partial charge in [-0.25, -0.2) is 0 Å². The van der Waals surface area contributed by atoms with E-state index in [1.807, 2.05) is 30.3 Å². The minimum Gasteiger partial charge on any atom is -0.508 e. The molecule has 0 radical (unpaired) electrons. The lowest BCUT2D eigenvalue weighted by Crippen LogP contribution is -2.44. The van der Waals surface area contributed by atoms with Crippen LogP contribution in [0, 0.1) is 0 Å². The van der Waals surface area contributed by atoms with Gasteiger partial charge in [0, 0.05) is 18.7 Å². The number of aromatic hydroxyl groups is 1. The van der Waals surface area contributed by atoms with Crippen molar-refractivity contribution >= 4 is 23.2 Å². The number of methoxy groups -OCH3 is 1. The molecule has 4 rings (SSSR count). The van der Waals surface area contributed by atoms with Crippen LogP contribution in [0.2, 0.25) is 0 Å². The second-order valence-corrected chi connectivity index (χ2v) is 6.94. The highest BCUT2D eigenvalue weighted by Gasteiger charge is 2.51. The summed E-state index contributed by atoms with van der Waals surface area (Å²) < 4.78 is 10.5. The minimum atomic E-state index is -1.17. The van der Waals surface area contributed by atoms with Gasteiger partial charge in [0.15, 0.2) is 10.7 Å². The van der Waals surface area contributed by atoms with Crippen LogP contribution in [0.5, 0.6) is 11.5 Å². The van der Waals surface area contributed by atoms with Crippen LogP contribution in [0.15, 0.2) is 65.5 Å². The van der Waals surface area contributed by atoms with E-state index >= 15 is 0 Å². The van der Waals surface area contributed by atoms with E-state index in [0.29, 0.717) is 22.0 Å². The first-order chi connectivity index (χ1) is 13.5. The largest absolute Gasteiger partial charge is 0.508 e. The van der Waals surface area contributed by atoms with Gasteiger partial charge in [-0.05, 0) is 53.2 Å². The van der Waals surface area contributed by atoms with Gasteiger partial charge in [0.1, 0.15) is 11.5 Å². The molecular formula is C21H18N2O4S. The maximum Gasteiger partial charge on any atom is 0.263 e. The van der Waals surface area contributed by atoms with Crippen LogP contribution >= 0.6 is 12.2 Å². The highest BCUT2D eigenvalue weighted by atomic mass is 32.1. The van der Waals surface area contributed by atoms with Crippen molar-refractivity contribution in [2.75, 3.05) is 14.2 Å². The summed E-state index contributed by atoms with van der Waals surface area (Å²) in [5.41, 5.74) is 1.79. The molecule has 0 bridgehead atoms. The molecule has 1 aliphatic rings. The lowest BCUT2D eigenvalue weighted by atomic mass is 9.83. The zero-order chi connectivity index (χ0) is 19.9. The summed E-state index contributed by atoms with van der Waals surface area (Å²) in [5, 5.41) is 13.5. The van der Waals surface area contributed by atoms with Crippen molar-refractivity contribution in [1.29, 1.82) is 0 Å². The third kappa shape index (κ3) is 2.71. The number of thiocarbonyl (C=S) groups is 1. The van der Waals surface area contributed by atoms with Crippen LogP contribution in [0.4, 0.5) is 0 Å². The Morgan fingerprint density at radius 1 is 1.14 bits per heavy atom. The van der Waals surface area contributed by atoms with Crippen LogP contribution in [-0.4, -0.2) is 35.2 Å². The first-order valence-electron chi connectivity index (χ1n) is 8.57. The highest BCUT2D eigenvalue weighted by Crippen LogP contribution is 2.38. The van der Waals surface area contributed by atoms with Gasteiger partial charge in [-0.1, -0.05) is 18.2 Å². The molecule has 7 heteroatoms. The third-order valence-corrected chi connectivity index (χ3v) is 5.31. The number of carbonyl (C=O) groups is 1. The molecule has 1 unspecified atom stereocenters. The van der Waals surface area contributed by atoms with Gasteiger partial charge in [0.25, 0.3) is 5.91 Å². The number of nitrogens with one attached hydrogen (secondary N) is 1. The Labute approximate surface area is 167 Å². The molecule has 0 spiro atoms. The molecule has 1 aromatic heterocycles. The predicted molar refractivity (Wildman–Crippen MR) is 108 cm³/mol. The highest BCUT2D eigenvalue weighted by molar-refractivity contribution is 7.80. The van der Waals surface area contributed by atoms with Crippen molar-refractivity contribution in [2.24, 2.45) is 0 Å². The first-order valence-corrected chi connectivity index (χ1v) is 8.98. The number of phenolic OH excluding ortho intramolecular Hbond substituents is 1. The lowest BCUT2D eigenvalue weighted by Gasteiger charge is -2.27. The van der Waals surface area contributed by atoms with Crippen molar-refractivity contribution in [3.8, 4) is 22.6 Å². The second kappa shape index (κ2) is 6.69. The van der Waals surface area contributed by atoms with E-state index < -0.39 is 5.54 Å². The van der Waals surface area contributed by atoms with Gasteiger partial charge >= 0.3 is 0 Å². The molecule has 1 atom stereocenters. The molecule has 0 aliphatic carbocycles. The number of hydrogen-bond donors (Lipinski definition) is 2. The van der Waals surface area contributed by atoms with Crippen LogP contribution in [0.3, 0.4) is 0 Å². The van der Waals surface area contributed by atoms with Gasteiger partial charge in [-0.3, -0.25) is 9.69 Å². The van der Waals surface area contributed by atoms with Gasteiger partial charge in [0.2, 0.25) is 0 Å². The third-order valence-electron chi connectivity index (χ3n) is 4.93. The van der Waals surface area contributed by atoms with E-state index in [9.17, 15) is 9.90 Å². The fourth-order valence-electron chi connectivity index (χ4n) is 3.48. The molecule has 2 aromatic carbocycles. The van der Waals surface area contributed by atoms with E-state index in [2.05, 4.69) is 5.32 Å². The maximum atomic E-state index is 13.2. The van der Waals surface area contributed by atoms with Gasteiger partial charge < -0.3 is 19.6 Å². The number of hydrogen-bond acceptors (Lipinski definition) is 5. The molecule has 6 nitrogen and oxygen atoms in total. The lowest BCUT2D eigenvalue weighted by molar-refractivity contribution is -0.129. The van der Waals surface area contributed by atoms with E-state index in [0.717, 1.165) is 11.1 Å². The van der Waals surface area contributed by atoms with Crippen molar-refractivity contribution < 1.29 is 19.1 Å². The Morgan fingerprint density at radius 2 is 1.96 bits per heavy atom. The molecule has 1 amide bonds. The molecule has 1 saturated heterocycles. The molecule has 1 aliphatic heterocycles. The number of benzene rings is 2. The monoisotopic (exact) mass is 394 g/mol. The summed E-state index contributed by atoms with van der Waals surface area (Å²) in [5.74, 6) is 0.450. The molecule has 1 fully saturated rings. The number of amides is 1. The quantitative estimate of drug-likeness (QED) is 0.662. The number of phenols is 1. The summed E-state index contributed by atoms with van der Waals surface area (Å²) in [7, 11) is 3.18. The van der Waals surface area contributed by atoms with Crippen molar-refractivity contribution in [3.05, 3.63) is 72.2 Å². The molecular weight excluding hydrogens is 376 g/mol. The van der Waals surface area contributed by atoms with Crippen molar-refractivity contribution in [1.82, 2.24) is 10.2 Å². The summed E-state index contributed by atoms with van der Waals surface area (Å²) >= 11 is 5.33. The average molecular weight is 394 g/mol. The first kappa shape index (κ1) is 18.1. The minimum absolute atomic E-state index is 0.0975. The van der Waals surface area contributed by atoms with E-state index in [4.69, 9.17) is 21.4 Å².